The zero-order valence-electron chi connectivity index (χ0n) is 29.7. The van der Waals surface area contributed by atoms with Crippen LogP contribution in [0.15, 0.2) is 0 Å². The number of nitrogens with zero attached hydrogens (tertiary/aromatic N) is 5. The van der Waals surface area contributed by atoms with Gasteiger partial charge in [0.25, 0.3) is 0 Å². The molecule has 2 rings (SSSR count). The topological polar surface area (TPSA) is 223 Å². The summed E-state index contributed by atoms with van der Waals surface area (Å²) in [5.74, 6) is -3.38. The summed E-state index contributed by atoms with van der Waals surface area (Å²) in [6.45, 7) is 6.45. The Kier molecular flexibility index (Phi) is 26.9. The summed E-state index contributed by atoms with van der Waals surface area (Å²) in [6.07, 6.45) is 2.69. The molecule has 0 aromatic heterocycles. The number of aliphatic hydroxyl groups is 1. The van der Waals surface area contributed by atoms with Gasteiger partial charge in [-0.2, -0.15) is 0 Å². The first-order valence-electron chi connectivity index (χ1n) is 16.3. The summed E-state index contributed by atoms with van der Waals surface area (Å²) in [6, 6.07) is -1.76. The van der Waals surface area contributed by atoms with Gasteiger partial charge < -0.3 is 48.1 Å². The molecule has 0 bridgehead atoms. The third kappa shape index (κ3) is 19.3. The number of hydrogen-bond acceptors (Lipinski definition) is 11. The minimum absolute atomic E-state index is 0. The number of ketones is 1. The maximum absolute atomic E-state index is 13.1. The van der Waals surface area contributed by atoms with Crippen LogP contribution < -0.4 is 0 Å². The molecule has 2 aliphatic heterocycles. The van der Waals surface area contributed by atoms with Crippen molar-refractivity contribution < 1.29 is 81.9 Å². The molecule has 0 spiro atoms. The molecule has 0 aromatic carbocycles. The Morgan fingerprint density at radius 1 is 0.776 bits per heavy atom. The van der Waals surface area contributed by atoms with E-state index in [-0.39, 0.29) is 122 Å². The average Bonchev–Trinajstić information content (AvgIpc) is 3.02. The van der Waals surface area contributed by atoms with Crippen LogP contribution in [0.25, 0.3) is 5.73 Å². The summed E-state index contributed by atoms with van der Waals surface area (Å²) in [4.78, 5) is 80.6. The Labute approximate surface area is 316 Å². The number of Topliss-reactive ketones (excluding diaryl/α,β-unsaturated/α-hetero) is 1. The summed E-state index contributed by atoms with van der Waals surface area (Å²) in [5, 5.41) is 35.9. The number of rotatable bonds is 15. The van der Waals surface area contributed by atoms with E-state index in [1.807, 2.05) is 4.90 Å². The molecule has 0 saturated carbocycles. The second-order valence-electron chi connectivity index (χ2n) is 12.4. The van der Waals surface area contributed by atoms with Crippen molar-refractivity contribution in [1.29, 1.82) is 0 Å². The van der Waals surface area contributed by atoms with Crippen LogP contribution in [0.5, 0.6) is 0 Å². The number of aliphatic carboxylic acids is 3. The van der Waals surface area contributed by atoms with E-state index in [4.69, 9.17) is 10.8 Å². The number of aldehydes is 1. The molecule has 281 valence electrons. The molecule has 1 amide bonds. The van der Waals surface area contributed by atoms with Gasteiger partial charge in [0.05, 0.1) is 19.6 Å². The predicted molar refractivity (Wildman–Crippen MR) is 179 cm³/mol. The van der Waals surface area contributed by atoms with Crippen molar-refractivity contribution in [2.24, 2.45) is 11.8 Å². The SMILES string of the molecule is CC(C)C(=O)C([NH-])CC1CCN(C(=O)CCC(C(=O)O)N2CCN(CC=O)CCN(CC(=O)O)CCN(CC(=O)O)CC2)CC1.CO.[CH3-].[Y]. The van der Waals surface area contributed by atoms with Crippen LogP contribution in [-0.4, -0.2) is 185 Å². The number of aliphatic hydroxyl groups excluding tert-OH is 1. The quantitative estimate of drug-likeness (QED) is 0.128. The minimum Gasteiger partial charge on any atom is -0.668 e. The monoisotopic (exact) mass is 775 g/mol. The van der Waals surface area contributed by atoms with E-state index in [1.165, 1.54) is 0 Å². The number of hydrogen-bond donors (Lipinski definition) is 4. The summed E-state index contributed by atoms with van der Waals surface area (Å²) >= 11 is 0. The van der Waals surface area contributed by atoms with Crippen LogP contribution in [0, 0.1) is 19.3 Å². The molecule has 1 radical (unpaired) electrons. The van der Waals surface area contributed by atoms with Gasteiger partial charge in [0.2, 0.25) is 5.91 Å². The Hall–Kier alpha value is -1.92. The second kappa shape index (κ2) is 26.8. The van der Waals surface area contributed by atoms with E-state index in [1.54, 1.807) is 33.4 Å². The molecule has 0 aliphatic carbocycles. The summed E-state index contributed by atoms with van der Waals surface area (Å²) in [7, 11) is 1.00. The van der Waals surface area contributed by atoms with Gasteiger partial charge in [0.1, 0.15) is 18.1 Å². The maximum Gasteiger partial charge on any atom is 0.320 e. The van der Waals surface area contributed by atoms with Gasteiger partial charge in [-0.15, -0.1) is 0 Å². The standard InChI is InChI=1S/C30H51N6O9.CH4O.CH3.Y/c1-22(2)29(43)24(31)19-23-5-7-36(8-6-23)26(38)4-3-25(30(44)45)35-15-13-32(17-18-37)9-10-33(20-27(39)40)11-12-34(14-16-35)21-28(41)42;1-2;;/h18,22-25,31H,3-17,19-21H2,1-2H3,(H,39,40)(H,41,42)(H,44,45);2H,1H3;1H3;/q-1;;-1;. The van der Waals surface area contributed by atoms with Gasteiger partial charge in [0.15, 0.2) is 0 Å². The summed E-state index contributed by atoms with van der Waals surface area (Å²) in [5.41, 5.74) is 8.16. The second-order valence-corrected chi connectivity index (χ2v) is 12.4. The molecule has 49 heavy (non-hydrogen) atoms. The molecule has 16 nitrogen and oxygen atoms in total. The average molecular weight is 776 g/mol. The molecule has 2 atom stereocenters. The van der Waals surface area contributed by atoms with Crippen LogP contribution in [0.3, 0.4) is 0 Å². The van der Waals surface area contributed by atoms with Crippen LogP contribution in [0.4, 0.5) is 0 Å². The zero-order chi connectivity index (χ0) is 35.5. The first-order chi connectivity index (χ1) is 22.3. The number of carboxylic acids is 3. The van der Waals surface area contributed by atoms with Gasteiger partial charge in [-0.25, -0.2) is 0 Å². The van der Waals surface area contributed by atoms with Crippen LogP contribution in [-0.2, 0) is 61.5 Å². The van der Waals surface area contributed by atoms with Crippen molar-refractivity contribution in [2.75, 3.05) is 92.2 Å². The van der Waals surface area contributed by atoms with Crippen molar-refractivity contribution in [3.8, 4) is 0 Å². The first-order valence-corrected chi connectivity index (χ1v) is 16.3. The van der Waals surface area contributed by atoms with Crippen molar-refractivity contribution in [3.05, 3.63) is 13.2 Å². The van der Waals surface area contributed by atoms with Gasteiger partial charge in [-0.3, -0.25) is 38.8 Å². The Bertz CT molecular complexity index is 1010. The molecular formula is C32H58N6O10Y-2. The number of amides is 1. The van der Waals surface area contributed by atoms with Gasteiger partial charge >= 0.3 is 17.9 Å². The van der Waals surface area contributed by atoms with Crippen LogP contribution in [0.1, 0.15) is 46.0 Å². The molecule has 2 fully saturated rings. The van der Waals surface area contributed by atoms with Crippen LogP contribution >= 0.6 is 0 Å². The number of nitrogens with one attached hydrogen (secondary N) is 1. The smallest absolute Gasteiger partial charge is 0.320 e. The fourth-order valence-electron chi connectivity index (χ4n) is 6.00. The van der Waals surface area contributed by atoms with E-state index in [0.717, 1.165) is 13.4 Å². The Balaban J connectivity index is 0. The van der Waals surface area contributed by atoms with E-state index < -0.39 is 30.0 Å². The normalized spacial score (nSPS) is 19.0. The van der Waals surface area contributed by atoms with Crippen molar-refractivity contribution in [2.45, 2.75) is 58.0 Å². The number of carbonyl (C=O) groups is 6. The number of carbonyl (C=O) groups excluding carboxylic acids is 3. The third-order valence-corrected chi connectivity index (χ3v) is 8.73. The van der Waals surface area contributed by atoms with Gasteiger partial charge in [-0.05, 0) is 25.2 Å². The largest absolute Gasteiger partial charge is 0.668 e. The number of likely N-dealkylation sites (tertiary alicyclic amines) is 1. The Morgan fingerprint density at radius 2 is 1.22 bits per heavy atom. The first kappa shape index (κ1) is 49.2. The molecule has 2 aliphatic rings. The fraction of sp³-hybridized carbons (Fsp3) is 0.781. The van der Waals surface area contributed by atoms with Crippen LogP contribution in [0.2, 0.25) is 0 Å². The number of carboxylic acid groups (broad SMARTS) is 3. The van der Waals surface area contributed by atoms with Crippen molar-refractivity contribution in [1.82, 2.24) is 24.5 Å². The minimum atomic E-state index is -1.09. The van der Waals surface area contributed by atoms with E-state index in [9.17, 15) is 44.1 Å². The molecule has 2 saturated heterocycles. The van der Waals surface area contributed by atoms with Crippen molar-refractivity contribution in [3.63, 3.8) is 0 Å². The van der Waals surface area contributed by atoms with E-state index >= 15 is 0 Å². The molecular weight excluding hydrogens is 717 g/mol. The number of piperidine rings is 1. The molecule has 17 heteroatoms. The van der Waals surface area contributed by atoms with E-state index in [2.05, 4.69) is 0 Å². The molecule has 0 aromatic rings. The van der Waals surface area contributed by atoms with E-state index in [0.29, 0.717) is 58.5 Å². The summed E-state index contributed by atoms with van der Waals surface area (Å²) < 4.78 is 0. The molecule has 2 unspecified atom stereocenters. The Morgan fingerprint density at radius 3 is 1.65 bits per heavy atom. The maximum atomic E-state index is 13.1. The van der Waals surface area contributed by atoms with Gasteiger partial charge in [0, 0.05) is 118 Å². The molecule has 5 N–H and O–H groups in total. The fourth-order valence-corrected chi connectivity index (χ4v) is 6.00. The third-order valence-electron chi connectivity index (χ3n) is 8.73. The molecule has 2 heterocycles. The van der Waals surface area contributed by atoms with Gasteiger partial charge in [-0.1, -0.05) is 26.3 Å². The predicted octanol–water partition coefficient (Wildman–Crippen LogP) is 0.140. The van der Waals surface area contributed by atoms with Crippen molar-refractivity contribution >= 4 is 35.9 Å². The zero-order valence-corrected chi connectivity index (χ0v) is 32.5.